The first-order chi connectivity index (χ1) is 15.4. The summed E-state index contributed by atoms with van der Waals surface area (Å²) in [6, 6.07) is 9.57. The van der Waals surface area contributed by atoms with Crippen molar-refractivity contribution in [3.05, 3.63) is 75.5 Å². The van der Waals surface area contributed by atoms with Gasteiger partial charge >= 0.3 is 6.03 Å². The molecule has 1 atom stereocenters. The lowest BCUT2D eigenvalue weighted by Crippen LogP contribution is -2.44. The van der Waals surface area contributed by atoms with Gasteiger partial charge in [0.05, 0.1) is 6.61 Å². The minimum absolute atomic E-state index is 0.0207. The van der Waals surface area contributed by atoms with Crippen molar-refractivity contribution in [2.24, 2.45) is 0 Å². The highest BCUT2D eigenvalue weighted by Gasteiger charge is 2.42. The number of amides is 4. The maximum atomic E-state index is 13.2. The summed E-state index contributed by atoms with van der Waals surface area (Å²) in [6.45, 7) is -0.303. The fraction of sp³-hybridized carbons (Fsp3) is 0.136. The molecule has 1 fully saturated rings. The summed E-state index contributed by atoms with van der Waals surface area (Å²) in [7, 11) is 0. The average molecular weight is 473 g/mol. The Morgan fingerprint density at radius 3 is 2.56 bits per heavy atom. The molecular formula is C22H18Cl2N4O4. The Balaban J connectivity index is 1.70. The largest absolute Gasteiger partial charge is 0.395 e. The molecule has 1 aliphatic rings. The number of urea groups is 1. The van der Waals surface area contributed by atoms with Gasteiger partial charge in [0.2, 0.25) is 5.91 Å². The Bertz CT molecular complexity index is 1240. The van der Waals surface area contributed by atoms with Gasteiger partial charge in [0.25, 0.3) is 5.91 Å². The molecule has 4 N–H and O–H groups in total. The van der Waals surface area contributed by atoms with E-state index in [1.54, 1.807) is 48.7 Å². The van der Waals surface area contributed by atoms with Crippen LogP contribution in [-0.4, -0.2) is 46.0 Å². The van der Waals surface area contributed by atoms with Gasteiger partial charge in [0.1, 0.15) is 11.7 Å². The van der Waals surface area contributed by atoms with Gasteiger partial charge in [-0.3, -0.25) is 9.59 Å². The molecule has 3 aromatic rings. The topological polar surface area (TPSA) is 115 Å². The number of aromatic nitrogens is 1. The number of imide groups is 1. The van der Waals surface area contributed by atoms with E-state index in [2.05, 4.69) is 15.6 Å². The summed E-state index contributed by atoms with van der Waals surface area (Å²) >= 11 is 12.0. The van der Waals surface area contributed by atoms with Crippen molar-refractivity contribution in [3.63, 3.8) is 0 Å². The number of H-pyrrole nitrogens is 1. The Hall–Kier alpha value is -3.33. The number of aliphatic hydroxyl groups is 1. The van der Waals surface area contributed by atoms with Gasteiger partial charge in [-0.05, 0) is 35.9 Å². The summed E-state index contributed by atoms with van der Waals surface area (Å²) in [6.07, 6.45) is 3.23. The third-order valence-electron chi connectivity index (χ3n) is 4.99. The molecule has 10 heteroatoms. The zero-order valence-electron chi connectivity index (χ0n) is 16.6. The van der Waals surface area contributed by atoms with Crippen LogP contribution in [0.3, 0.4) is 0 Å². The molecule has 1 unspecified atom stereocenters. The van der Waals surface area contributed by atoms with Crippen LogP contribution in [0.4, 0.5) is 4.79 Å². The van der Waals surface area contributed by atoms with Crippen molar-refractivity contribution < 1.29 is 19.5 Å². The lowest BCUT2D eigenvalue weighted by Gasteiger charge is -2.24. The standard InChI is InChI=1S/C22H18Cl2N4O4/c23-14-3-1-12(2-4-14)19(20(30)25-7-8-29)28-21(31)18(27-22(28)32)9-13-11-26-17-10-15(24)5-6-16(13)17/h1-6,9-11,19,26,29H,7-8H2,(H,25,30)(H,27,32). The number of rotatable bonds is 6. The second kappa shape index (κ2) is 9.04. The number of aliphatic hydroxyl groups excluding tert-OH is 1. The van der Waals surface area contributed by atoms with Crippen LogP contribution >= 0.6 is 23.2 Å². The highest BCUT2D eigenvalue weighted by molar-refractivity contribution is 6.31. The van der Waals surface area contributed by atoms with E-state index in [0.717, 1.165) is 15.8 Å². The molecule has 32 heavy (non-hydrogen) atoms. The van der Waals surface area contributed by atoms with E-state index >= 15 is 0 Å². The van der Waals surface area contributed by atoms with Crippen LogP contribution in [-0.2, 0) is 9.59 Å². The molecule has 0 bridgehead atoms. The van der Waals surface area contributed by atoms with Crippen molar-refractivity contribution in [3.8, 4) is 0 Å². The molecule has 1 saturated heterocycles. The number of fused-ring (bicyclic) bond motifs is 1. The molecule has 164 valence electrons. The van der Waals surface area contributed by atoms with E-state index in [0.29, 0.717) is 21.2 Å². The second-order valence-corrected chi connectivity index (χ2v) is 7.94. The van der Waals surface area contributed by atoms with Crippen LogP contribution in [0.25, 0.3) is 17.0 Å². The molecule has 0 aliphatic carbocycles. The van der Waals surface area contributed by atoms with Gasteiger partial charge in [-0.15, -0.1) is 0 Å². The number of aromatic amines is 1. The number of hydrogen-bond donors (Lipinski definition) is 4. The van der Waals surface area contributed by atoms with E-state index in [1.807, 2.05) is 0 Å². The number of halogens is 2. The predicted molar refractivity (Wildman–Crippen MR) is 121 cm³/mol. The number of carbonyl (C=O) groups is 3. The fourth-order valence-electron chi connectivity index (χ4n) is 3.52. The van der Waals surface area contributed by atoms with Gasteiger partial charge in [0.15, 0.2) is 0 Å². The molecule has 2 aromatic carbocycles. The first kappa shape index (κ1) is 21.9. The van der Waals surface area contributed by atoms with Gasteiger partial charge in [-0.25, -0.2) is 9.69 Å². The summed E-state index contributed by atoms with van der Waals surface area (Å²) in [5, 5.41) is 15.9. The number of benzene rings is 2. The zero-order valence-corrected chi connectivity index (χ0v) is 18.1. The minimum Gasteiger partial charge on any atom is -0.395 e. The van der Waals surface area contributed by atoms with Gasteiger partial charge in [-0.1, -0.05) is 41.4 Å². The lowest BCUT2D eigenvalue weighted by molar-refractivity contribution is -0.133. The normalized spacial score (nSPS) is 16.0. The molecular weight excluding hydrogens is 455 g/mol. The Labute approximate surface area is 192 Å². The SMILES string of the molecule is O=C(NCCO)C(c1ccc(Cl)cc1)N1C(=O)NC(=Cc2c[nH]c3cc(Cl)ccc23)C1=O. The fourth-order valence-corrected chi connectivity index (χ4v) is 3.82. The van der Waals surface area contributed by atoms with E-state index < -0.39 is 23.9 Å². The van der Waals surface area contributed by atoms with Gasteiger partial charge < -0.3 is 20.7 Å². The van der Waals surface area contributed by atoms with Crippen molar-refractivity contribution >= 4 is 58.0 Å². The maximum Gasteiger partial charge on any atom is 0.330 e. The van der Waals surface area contributed by atoms with Crippen molar-refractivity contribution in [1.29, 1.82) is 0 Å². The third kappa shape index (κ3) is 4.20. The summed E-state index contributed by atoms with van der Waals surface area (Å²) in [4.78, 5) is 42.7. The molecule has 1 aromatic heterocycles. The van der Waals surface area contributed by atoms with Crippen molar-refractivity contribution in [1.82, 2.24) is 20.5 Å². The Morgan fingerprint density at radius 1 is 1.12 bits per heavy atom. The van der Waals surface area contributed by atoms with Crippen LogP contribution in [0.15, 0.2) is 54.4 Å². The number of nitrogens with zero attached hydrogens (tertiary/aromatic N) is 1. The summed E-state index contributed by atoms with van der Waals surface area (Å²) in [5.41, 5.74) is 1.88. The van der Waals surface area contributed by atoms with Crippen LogP contribution in [0.5, 0.6) is 0 Å². The van der Waals surface area contributed by atoms with Gasteiger partial charge in [-0.2, -0.15) is 0 Å². The van der Waals surface area contributed by atoms with E-state index in [9.17, 15) is 14.4 Å². The number of hydrogen-bond acceptors (Lipinski definition) is 4. The molecule has 4 rings (SSSR count). The molecule has 1 aliphatic heterocycles. The van der Waals surface area contributed by atoms with Crippen LogP contribution < -0.4 is 10.6 Å². The minimum atomic E-state index is -1.24. The molecule has 2 heterocycles. The van der Waals surface area contributed by atoms with Gasteiger partial charge in [0, 0.05) is 39.3 Å². The van der Waals surface area contributed by atoms with Crippen LogP contribution in [0, 0.1) is 0 Å². The third-order valence-corrected chi connectivity index (χ3v) is 5.48. The van der Waals surface area contributed by atoms with E-state index in [4.69, 9.17) is 28.3 Å². The molecule has 0 saturated carbocycles. The zero-order chi connectivity index (χ0) is 22.8. The van der Waals surface area contributed by atoms with E-state index in [1.165, 1.54) is 6.08 Å². The molecule has 4 amide bonds. The number of nitrogens with one attached hydrogen (secondary N) is 3. The molecule has 0 spiro atoms. The number of carbonyl (C=O) groups excluding carboxylic acids is 3. The highest BCUT2D eigenvalue weighted by atomic mass is 35.5. The van der Waals surface area contributed by atoms with Crippen molar-refractivity contribution in [2.45, 2.75) is 6.04 Å². The quantitative estimate of drug-likeness (QED) is 0.325. The average Bonchev–Trinajstić information content (AvgIpc) is 3.29. The second-order valence-electron chi connectivity index (χ2n) is 7.07. The maximum absolute atomic E-state index is 13.2. The molecule has 8 nitrogen and oxygen atoms in total. The monoisotopic (exact) mass is 472 g/mol. The lowest BCUT2D eigenvalue weighted by atomic mass is 10.0. The Kier molecular flexibility index (Phi) is 6.18. The highest BCUT2D eigenvalue weighted by Crippen LogP contribution is 2.29. The smallest absolute Gasteiger partial charge is 0.330 e. The summed E-state index contributed by atoms with van der Waals surface area (Å²) < 4.78 is 0. The van der Waals surface area contributed by atoms with E-state index in [-0.39, 0.29) is 18.8 Å². The Morgan fingerprint density at radius 2 is 1.84 bits per heavy atom. The predicted octanol–water partition coefficient (Wildman–Crippen LogP) is 3.22. The first-order valence-electron chi connectivity index (χ1n) is 9.66. The van der Waals surface area contributed by atoms with Crippen LogP contribution in [0.1, 0.15) is 17.2 Å². The van der Waals surface area contributed by atoms with Crippen molar-refractivity contribution in [2.75, 3.05) is 13.2 Å². The summed E-state index contributed by atoms with van der Waals surface area (Å²) in [5.74, 6) is -1.26. The molecule has 0 radical (unpaired) electrons. The van der Waals surface area contributed by atoms with Crippen LogP contribution in [0.2, 0.25) is 10.0 Å². The first-order valence-corrected chi connectivity index (χ1v) is 10.4.